The summed E-state index contributed by atoms with van der Waals surface area (Å²) in [6.07, 6.45) is 2.29. The number of aromatic nitrogens is 2. The number of halogens is 2. The van der Waals surface area contributed by atoms with Gasteiger partial charge in [0, 0.05) is 19.0 Å². The summed E-state index contributed by atoms with van der Waals surface area (Å²) in [7, 11) is 0. The van der Waals surface area contributed by atoms with Crippen LogP contribution in [0.1, 0.15) is 13.3 Å². The molecular weight excluding hydrogens is 237 g/mol. The molecule has 1 aromatic rings. The van der Waals surface area contributed by atoms with Crippen LogP contribution < -0.4 is 10.5 Å². The highest BCUT2D eigenvalue weighted by atomic mass is 35.5. The van der Waals surface area contributed by atoms with E-state index in [1.54, 1.807) is 0 Å². The van der Waals surface area contributed by atoms with Crippen LogP contribution in [0.5, 0.6) is 0 Å². The molecule has 0 aliphatic carbocycles. The van der Waals surface area contributed by atoms with E-state index in [1.807, 2.05) is 11.8 Å². The summed E-state index contributed by atoms with van der Waals surface area (Å²) < 4.78 is 0. The van der Waals surface area contributed by atoms with Crippen LogP contribution in [0.2, 0.25) is 5.02 Å². The van der Waals surface area contributed by atoms with Crippen molar-refractivity contribution in [2.24, 2.45) is 0 Å². The van der Waals surface area contributed by atoms with E-state index in [4.69, 9.17) is 23.2 Å². The van der Waals surface area contributed by atoms with E-state index in [0.717, 1.165) is 13.0 Å². The van der Waals surface area contributed by atoms with Gasteiger partial charge < -0.3 is 9.88 Å². The van der Waals surface area contributed by atoms with Gasteiger partial charge in [0.15, 0.2) is 5.82 Å². The predicted molar refractivity (Wildman–Crippen MR) is 63.1 cm³/mol. The summed E-state index contributed by atoms with van der Waals surface area (Å²) in [5, 5.41) is 0.121. The Kier molecular flexibility index (Phi) is 4.91. The molecule has 1 heterocycles. The molecule has 0 saturated heterocycles. The average Bonchev–Trinajstić information content (AvgIpc) is 2.22. The van der Waals surface area contributed by atoms with Crippen LogP contribution in [0.15, 0.2) is 11.1 Å². The summed E-state index contributed by atoms with van der Waals surface area (Å²) in [6, 6.07) is 0. The lowest BCUT2D eigenvalue weighted by Crippen LogP contribution is -2.29. The second kappa shape index (κ2) is 5.98. The maximum Gasteiger partial charge on any atom is 0.271 e. The third-order valence-electron chi connectivity index (χ3n) is 1.93. The highest BCUT2D eigenvalue weighted by molar-refractivity contribution is 6.32. The van der Waals surface area contributed by atoms with Gasteiger partial charge in [-0.1, -0.05) is 18.5 Å². The van der Waals surface area contributed by atoms with Crippen LogP contribution in [-0.4, -0.2) is 28.9 Å². The van der Waals surface area contributed by atoms with E-state index in [1.165, 1.54) is 6.33 Å². The maximum absolute atomic E-state index is 11.3. The molecule has 0 unspecified atom stereocenters. The smallest absolute Gasteiger partial charge is 0.271 e. The number of rotatable bonds is 5. The minimum absolute atomic E-state index is 0.121. The maximum atomic E-state index is 11.3. The zero-order valence-corrected chi connectivity index (χ0v) is 9.98. The van der Waals surface area contributed by atoms with Gasteiger partial charge in [0.25, 0.3) is 5.56 Å². The highest BCUT2D eigenvalue weighted by Crippen LogP contribution is 2.18. The third kappa shape index (κ3) is 3.11. The third-order valence-corrected chi connectivity index (χ3v) is 2.44. The van der Waals surface area contributed by atoms with Crippen LogP contribution in [-0.2, 0) is 0 Å². The van der Waals surface area contributed by atoms with E-state index in [0.29, 0.717) is 18.2 Å². The van der Waals surface area contributed by atoms with Gasteiger partial charge in [0.2, 0.25) is 0 Å². The van der Waals surface area contributed by atoms with Gasteiger partial charge in [-0.2, -0.15) is 0 Å². The number of alkyl halides is 1. The Labute approximate surface area is 98.2 Å². The molecule has 0 radical (unpaired) electrons. The number of anilines is 1. The van der Waals surface area contributed by atoms with E-state index >= 15 is 0 Å². The van der Waals surface area contributed by atoms with Gasteiger partial charge in [-0.25, -0.2) is 4.98 Å². The van der Waals surface area contributed by atoms with Crippen LogP contribution in [0, 0.1) is 0 Å². The van der Waals surface area contributed by atoms with Crippen molar-refractivity contribution < 1.29 is 0 Å². The molecule has 15 heavy (non-hydrogen) atoms. The lowest BCUT2D eigenvalue weighted by molar-refractivity contribution is 0.777. The van der Waals surface area contributed by atoms with Gasteiger partial charge in [-0.15, -0.1) is 11.6 Å². The first-order valence-corrected chi connectivity index (χ1v) is 5.66. The molecule has 0 atom stereocenters. The Morgan fingerprint density at radius 1 is 1.53 bits per heavy atom. The van der Waals surface area contributed by atoms with Crippen molar-refractivity contribution in [1.29, 1.82) is 0 Å². The number of aromatic amines is 1. The van der Waals surface area contributed by atoms with Crippen LogP contribution in [0.25, 0.3) is 0 Å². The molecule has 1 N–H and O–H groups in total. The van der Waals surface area contributed by atoms with Crippen LogP contribution in [0.4, 0.5) is 5.82 Å². The van der Waals surface area contributed by atoms with Crippen molar-refractivity contribution in [3.63, 3.8) is 0 Å². The second-order valence-corrected chi connectivity index (χ2v) is 3.80. The van der Waals surface area contributed by atoms with E-state index < -0.39 is 0 Å². The monoisotopic (exact) mass is 249 g/mol. The van der Waals surface area contributed by atoms with E-state index in [-0.39, 0.29) is 10.6 Å². The standard InChI is InChI=1S/C9H13Cl2N3O/c1-2-4-14(5-3-10)8-7(11)9(15)13-6-12-8/h6H,2-5H2,1H3,(H,12,13,15). The molecule has 0 fully saturated rings. The zero-order chi connectivity index (χ0) is 11.3. The quantitative estimate of drug-likeness (QED) is 0.811. The Balaban J connectivity index is 2.99. The SMILES string of the molecule is CCCN(CCCl)c1nc[nH]c(=O)c1Cl. The summed E-state index contributed by atoms with van der Waals surface area (Å²) in [5.41, 5.74) is -0.322. The fraction of sp³-hybridized carbons (Fsp3) is 0.556. The van der Waals surface area contributed by atoms with Crippen LogP contribution >= 0.6 is 23.2 Å². The molecule has 0 saturated carbocycles. The first kappa shape index (κ1) is 12.3. The Morgan fingerprint density at radius 3 is 2.87 bits per heavy atom. The molecule has 1 aromatic heterocycles. The molecule has 84 valence electrons. The summed E-state index contributed by atoms with van der Waals surface area (Å²) in [5.74, 6) is 0.980. The number of nitrogens with one attached hydrogen (secondary N) is 1. The molecule has 1 rings (SSSR count). The first-order valence-electron chi connectivity index (χ1n) is 4.74. The Morgan fingerprint density at radius 2 is 2.27 bits per heavy atom. The van der Waals surface area contributed by atoms with Gasteiger partial charge in [-0.3, -0.25) is 4.79 Å². The van der Waals surface area contributed by atoms with E-state index in [2.05, 4.69) is 9.97 Å². The molecule has 4 nitrogen and oxygen atoms in total. The van der Waals surface area contributed by atoms with Crippen molar-refractivity contribution in [2.75, 3.05) is 23.9 Å². The molecule has 0 aliphatic rings. The number of nitrogens with zero attached hydrogens (tertiary/aromatic N) is 2. The largest absolute Gasteiger partial charge is 0.354 e. The highest BCUT2D eigenvalue weighted by Gasteiger charge is 2.12. The minimum atomic E-state index is -0.322. The molecular formula is C9H13Cl2N3O. The van der Waals surface area contributed by atoms with Crippen molar-refractivity contribution in [2.45, 2.75) is 13.3 Å². The lowest BCUT2D eigenvalue weighted by Gasteiger charge is -2.22. The summed E-state index contributed by atoms with van der Waals surface area (Å²) >= 11 is 11.5. The average molecular weight is 250 g/mol. The zero-order valence-electron chi connectivity index (χ0n) is 8.46. The molecule has 6 heteroatoms. The summed E-state index contributed by atoms with van der Waals surface area (Å²) in [4.78, 5) is 19.7. The van der Waals surface area contributed by atoms with Crippen LogP contribution in [0.3, 0.4) is 0 Å². The first-order chi connectivity index (χ1) is 7.20. The second-order valence-electron chi connectivity index (χ2n) is 3.05. The minimum Gasteiger partial charge on any atom is -0.354 e. The van der Waals surface area contributed by atoms with Gasteiger partial charge in [0.1, 0.15) is 5.02 Å². The normalized spacial score (nSPS) is 10.3. The van der Waals surface area contributed by atoms with Gasteiger partial charge in [-0.05, 0) is 6.42 Å². The topological polar surface area (TPSA) is 49.0 Å². The Hall–Kier alpha value is -0.740. The molecule has 0 amide bonds. The number of H-pyrrole nitrogens is 1. The number of hydrogen-bond acceptors (Lipinski definition) is 3. The Bertz CT molecular complexity index is 361. The number of hydrogen-bond donors (Lipinski definition) is 1. The molecule has 0 aromatic carbocycles. The molecule has 0 bridgehead atoms. The molecule has 0 spiro atoms. The van der Waals surface area contributed by atoms with Crippen molar-refractivity contribution in [1.82, 2.24) is 9.97 Å². The van der Waals surface area contributed by atoms with Crippen molar-refractivity contribution >= 4 is 29.0 Å². The fourth-order valence-corrected chi connectivity index (χ4v) is 1.72. The fourth-order valence-electron chi connectivity index (χ4n) is 1.29. The summed E-state index contributed by atoms with van der Waals surface area (Å²) in [6.45, 7) is 3.46. The van der Waals surface area contributed by atoms with Crippen molar-refractivity contribution in [3.8, 4) is 0 Å². The van der Waals surface area contributed by atoms with Gasteiger partial charge >= 0.3 is 0 Å². The van der Waals surface area contributed by atoms with Gasteiger partial charge in [0.05, 0.1) is 6.33 Å². The van der Waals surface area contributed by atoms with E-state index in [9.17, 15) is 4.79 Å². The predicted octanol–water partition coefficient (Wildman–Crippen LogP) is 1.88. The lowest BCUT2D eigenvalue weighted by atomic mass is 10.4. The van der Waals surface area contributed by atoms with Crippen molar-refractivity contribution in [3.05, 3.63) is 21.7 Å². The molecule has 0 aliphatic heterocycles.